The summed E-state index contributed by atoms with van der Waals surface area (Å²) in [6.45, 7) is -0.195. The Labute approximate surface area is 202 Å². The number of amides is 1. The highest BCUT2D eigenvalue weighted by Gasteiger charge is 2.49. The molecule has 0 N–H and O–H groups in total. The van der Waals surface area contributed by atoms with Gasteiger partial charge in [0.1, 0.15) is 17.2 Å². The van der Waals surface area contributed by atoms with Gasteiger partial charge in [0.25, 0.3) is 5.91 Å². The van der Waals surface area contributed by atoms with E-state index in [-0.39, 0.29) is 29.4 Å². The van der Waals surface area contributed by atoms with Crippen LogP contribution in [-0.2, 0) is 14.6 Å². The molecule has 7 nitrogen and oxygen atoms in total. The van der Waals surface area contributed by atoms with Gasteiger partial charge in [-0.05, 0) is 48.5 Å². The molecule has 2 aliphatic rings. The fourth-order valence-corrected chi connectivity index (χ4v) is 7.90. The molecule has 34 heavy (non-hydrogen) atoms. The number of aliphatic imine (C=N–C) groups is 1. The molecule has 0 radical (unpaired) electrons. The van der Waals surface area contributed by atoms with Crippen LogP contribution in [-0.4, -0.2) is 48.9 Å². The zero-order chi connectivity index (χ0) is 23.5. The van der Waals surface area contributed by atoms with Crippen LogP contribution in [0.4, 0.5) is 5.69 Å². The van der Waals surface area contributed by atoms with Crippen LogP contribution in [0, 0.1) is 0 Å². The summed E-state index contributed by atoms with van der Waals surface area (Å²) in [6.07, 6.45) is 0. The van der Waals surface area contributed by atoms with Crippen molar-refractivity contribution in [3.05, 3.63) is 84.9 Å². The van der Waals surface area contributed by atoms with Crippen molar-refractivity contribution >= 4 is 38.4 Å². The minimum atomic E-state index is -3.15. The molecule has 0 bridgehead atoms. The summed E-state index contributed by atoms with van der Waals surface area (Å²) < 4.78 is 35.9. The van der Waals surface area contributed by atoms with Gasteiger partial charge in [-0.1, -0.05) is 48.2 Å². The molecule has 2 atom stereocenters. The number of ether oxygens (including phenoxy) is 2. The first-order valence-electron chi connectivity index (χ1n) is 10.8. The van der Waals surface area contributed by atoms with Gasteiger partial charge in [-0.25, -0.2) is 8.42 Å². The summed E-state index contributed by atoms with van der Waals surface area (Å²) in [4.78, 5) is 18.7. The molecule has 2 aliphatic heterocycles. The van der Waals surface area contributed by atoms with Crippen LogP contribution in [0.5, 0.6) is 17.2 Å². The predicted octanol–water partition coefficient (Wildman–Crippen LogP) is 4.16. The largest absolute Gasteiger partial charge is 0.484 e. The van der Waals surface area contributed by atoms with Crippen LogP contribution < -0.4 is 14.4 Å². The normalized spacial score (nSPS) is 21.9. The van der Waals surface area contributed by atoms with E-state index in [9.17, 15) is 13.2 Å². The minimum absolute atomic E-state index is 0.0284. The van der Waals surface area contributed by atoms with Gasteiger partial charge in [0.15, 0.2) is 21.6 Å². The third-order valence-corrected chi connectivity index (χ3v) is 8.70. The fraction of sp³-hybridized carbons (Fsp3) is 0.200. The number of carbonyl (C=O) groups excluding carboxylic acids is 1. The molecule has 3 aromatic carbocycles. The van der Waals surface area contributed by atoms with E-state index >= 15 is 0 Å². The Bertz CT molecular complexity index is 1300. The average molecular weight is 495 g/mol. The molecule has 2 saturated heterocycles. The molecule has 9 heteroatoms. The number of amidine groups is 1. The van der Waals surface area contributed by atoms with Gasteiger partial charge in [0.2, 0.25) is 0 Å². The second kappa shape index (κ2) is 9.52. The summed E-state index contributed by atoms with van der Waals surface area (Å²) in [5.41, 5.74) is 0.757. The summed E-state index contributed by atoms with van der Waals surface area (Å²) in [6, 6.07) is 25.6. The zero-order valence-electron chi connectivity index (χ0n) is 18.1. The lowest BCUT2D eigenvalue weighted by molar-refractivity contribution is -0.119. The molecular formula is C25H22N2O5S2. The Hall–Kier alpha value is -3.30. The highest BCUT2D eigenvalue weighted by molar-refractivity contribution is 8.16. The number of carbonyl (C=O) groups is 1. The number of rotatable bonds is 6. The Balaban J connectivity index is 1.36. The van der Waals surface area contributed by atoms with E-state index in [1.165, 1.54) is 11.8 Å². The van der Waals surface area contributed by atoms with Gasteiger partial charge < -0.3 is 14.4 Å². The van der Waals surface area contributed by atoms with E-state index in [4.69, 9.17) is 9.47 Å². The van der Waals surface area contributed by atoms with Crippen molar-refractivity contribution in [2.45, 2.75) is 11.3 Å². The lowest BCUT2D eigenvalue weighted by atomic mass is 10.2. The second-order valence-corrected chi connectivity index (χ2v) is 11.3. The Morgan fingerprint density at radius 2 is 1.50 bits per heavy atom. The van der Waals surface area contributed by atoms with E-state index in [0.29, 0.717) is 16.7 Å². The number of para-hydroxylation sites is 2. The molecular weight excluding hydrogens is 472 g/mol. The van der Waals surface area contributed by atoms with Gasteiger partial charge >= 0.3 is 0 Å². The molecule has 174 valence electrons. The summed E-state index contributed by atoms with van der Waals surface area (Å²) in [5, 5.41) is 0.315. The number of nitrogens with zero attached hydrogens (tertiary/aromatic N) is 2. The minimum Gasteiger partial charge on any atom is -0.484 e. The Morgan fingerprint density at radius 3 is 2.18 bits per heavy atom. The zero-order valence-corrected chi connectivity index (χ0v) is 19.7. The molecule has 2 heterocycles. The van der Waals surface area contributed by atoms with Crippen LogP contribution >= 0.6 is 11.8 Å². The van der Waals surface area contributed by atoms with E-state index in [0.717, 1.165) is 11.4 Å². The van der Waals surface area contributed by atoms with Crippen LogP contribution in [0.15, 0.2) is 89.9 Å². The fourth-order valence-electron chi connectivity index (χ4n) is 3.97. The molecule has 0 aliphatic carbocycles. The Kier molecular flexibility index (Phi) is 6.30. The van der Waals surface area contributed by atoms with Crippen molar-refractivity contribution < 1.29 is 22.7 Å². The monoisotopic (exact) mass is 494 g/mol. The van der Waals surface area contributed by atoms with Gasteiger partial charge in [0, 0.05) is 10.9 Å². The maximum Gasteiger partial charge on any atom is 0.285 e. The van der Waals surface area contributed by atoms with E-state index in [1.54, 1.807) is 12.1 Å². The summed E-state index contributed by atoms with van der Waals surface area (Å²) >= 11 is 1.33. The van der Waals surface area contributed by atoms with Crippen molar-refractivity contribution in [1.82, 2.24) is 0 Å². The van der Waals surface area contributed by atoms with Gasteiger partial charge in [-0.15, -0.1) is 0 Å². The molecule has 5 rings (SSSR count). The van der Waals surface area contributed by atoms with Gasteiger partial charge in [0.05, 0.1) is 17.5 Å². The average Bonchev–Trinajstić information content (AvgIpc) is 3.30. The molecule has 0 saturated carbocycles. The quantitative estimate of drug-likeness (QED) is 0.509. The van der Waals surface area contributed by atoms with Crippen LogP contribution in [0.1, 0.15) is 0 Å². The van der Waals surface area contributed by atoms with Crippen molar-refractivity contribution in [1.29, 1.82) is 0 Å². The van der Waals surface area contributed by atoms with Gasteiger partial charge in [-0.2, -0.15) is 4.99 Å². The number of benzene rings is 3. The van der Waals surface area contributed by atoms with E-state index in [1.807, 2.05) is 77.7 Å². The maximum absolute atomic E-state index is 12.6. The van der Waals surface area contributed by atoms with Gasteiger partial charge in [-0.3, -0.25) is 4.79 Å². The SMILES string of the molecule is O=C(COc1ccccc1)N=C1S[C@@H]2CS(=O)(=O)C[C@H]2N1c1ccc(Oc2ccccc2)cc1. The molecule has 1 amide bonds. The number of anilines is 1. The summed E-state index contributed by atoms with van der Waals surface area (Å²) in [5.74, 6) is 1.64. The standard InChI is InChI=1S/C25H22N2O5S2/c28-24(15-31-19-7-3-1-4-8-19)26-25-27(22-16-34(29,30)17-23(22)33-25)18-11-13-21(14-12-18)32-20-9-5-2-6-10-20/h1-14,22-23H,15-17H2/t22-,23-/m1/s1. The highest BCUT2D eigenvalue weighted by Crippen LogP contribution is 2.41. The highest BCUT2D eigenvalue weighted by atomic mass is 32.2. The number of thioether (sulfide) groups is 1. The first-order valence-corrected chi connectivity index (χ1v) is 13.5. The van der Waals surface area contributed by atoms with E-state index in [2.05, 4.69) is 4.99 Å². The second-order valence-electron chi connectivity index (χ2n) is 7.97. The van der Waals surface area contributed by atoms with Crippen molar-refractivity contribution in [3.63, 3.8) is 0 Å². The smallest absolute Gasteiger partial charge is 0.285 e. The van der Waals surface area contributed by atoms with Crippen LogP contribution in [0.2, 0.25) is 0 Å². The lowest BCUT2D eigenvalue weighted by Gasteiger charge is -2.24. The van der Waals surface area contributed by atoms with Crippen molar-refractivity contribution in [3.8, 4) is 17.2 Å². The predicted molar refractivity (Wildman–Crippen MR) is 134 cm³/mol. The first kappa shape index (κ1) is 22.5. The molecule has 2 fully saturated rings. The van der Waals surface area contributed by atoms with E-state index < -0.39 is 15.7 Å². The molecule has 0 spiro atoms. The molecule has 3 aromatic rings. The topological polar surface area (TPSA) is 85.3 Å². The van der Waals surface area contributed by atoms with Crippen molar-refractivity contribution in [2.75, 3.05) is 23.0 Å². The summed E-state index contributed by atoms with van der Waals surface area (Å²) in [7, 11) is -3.15. The third kappa shape index (κ3) is 5.10. The molecule has 0 aromatic heterocycles. The van der Waals surface area contributed by atoms with Crippen molar-refractivity contribution in [2.24, 2.45) is 4.99 Å². The number of sulfone groups is 1. The first-order chi connectivity index (χ1) is 16.5. The lowest BCUT2D eigenvalue weighted by Crippen LogP contribution is -2.37. The van der Waals surface area contributed by atoms with Crippen LogP contribution in [0.3, 0.4) is 0 Å². The number of hydrogen-bond acceptors (Lipinski definition) is 6. The Morgan fingerprint density at radius 1 is 0.882 bits per heavy atom. The number of fused-ring (bicyclic) bond motifs is 1. The number of hydrogen-bond donors (Lipinski definition) is 0. The third-order valence-electron chi connectivity index (χ3n) is 5.49. The maximum atomic E-state index is 12.6. The molecule has 0 unspecified atom stereocenters. The van der Waals surface area contributed by atoms with Crippen LogP contribution in [0.25, 0.3) is 0 Å².